The van der Waals surface area contributed by atoms with Crippen LogP contribution in [-0.2, 0) is 0 Å². The summed E-state index contributed by atoms with van der Waals surface area (Å²) in [6, 6.07) is 0.492. The molecule has 3 N–H and O–H groups in total. The number of nitrogens with one attached hydrogen (secondary N) is 1. The molecule has 0 saturated heterocycles. The summed E-state index contributed by atoms with van der Waals surface area (Å²) in [7, 11) is 0. The maximum atomic E-state index is 5.96. The first-order valence-corrected chi connectivity index (χ1v) is 6.35. The minimum atomic E-state index is 0.284. The van der Waals surface area contributed by atoms with Gasteiger partial charge in [0.25, 0.3) is 0 Å². The molecule has 0 spiro atoms. The van der Waals surface area contributed by atoms with Crippen LogP contribution in [0.4, 0.5) is 0 Å². The maximum Gasteiger partial charge on any atom is 0.189 e. The van der Waals surface area contributed by atoms with Crippen LogP contribution < -0.4 is 11.1 Å². The number of nitrogens with zero attached hydrogens (tertiary/aromatic N) is 1. The molecule has 0 aliphatic heterocycles. The lowest BCUT2D eigenvalue weighted by Gasteiger charge is -2.42. The Morgan fingerprint density at radius 1 is 1.33 bits per heavy atom. The summed E-state index contributed by atoms with van der Waals surface area (Å²) in [5, 5.41) is 3.43. The molecule has 0 bridgehead atoms. The van der Waals surface area contributed by atoms with Crippen molar-refractivity contribution in [1.29, 1.82) is 0 Å². The molecule has 3 nitrogen and oxygen atoms in total. The highest BCUT2D eigenvalue weighted by molar-refractivity contribution is 5.79. The summed E-state index contributed by atoms with van der Waals surface area (Å²) >= 11 is 0. The first kappa shape index (κ1) is 10.8. The van der Waals surface area contributed by atoms with Gasteiger partial charge >= 0.3 is 0 Å². The molecule has 0 atom stereocenters. The zero-order valence-electron chi connectivity index (χ0n) is 9.76. The van der Waals surface area contributed by atoms with E-state index in [1.54, 1.807) is 0 Å². The number of guanidine groups is 1. The van der Waals surface area contributed by atoms with Crippen molar-refractivity contribution in [1.82, 2.24) is 5.32 Å². The average Bonchev–Trinajstić information content (AvgIpc) is 2.64. The van der Waals surface area contributed by atoms with E-state index in [1.165, 1.54) is 44.9 Å². The van der Waals surface area contributed by atoms with Crippen LogP contribution in [0.5, 0.6) is 0 Å². The summed E-state index contributed by atoms with van der Waals surface area (Å²) in [5.41, 5.74) is 6.25. The molecule has 2 fully saturated rings. The van der Waals surface area contributed by atoms with Gasteiger partial charge in [0, 0.05) is 5.54 Å². The zero-order valence-corrected chi connectivity index (χ0v) is 9.76. The predicted molar refractivity (Wildman–Crippen MR) is 63.9 cm³/mol. The van der Waals surface area contributed by atoms with Crippen molar-refractivity contribution in [2.45, 2.75) is 69.9 Å². The van der Waals surface area contributed by atoms with Gasteiger partial charge in [0.1, 0.15) is 0 Å². The third kappa shape index (κ3) is 2.44. The topological polar surface area (TPSA) is 50.4 Å². The third-order valence-corrected chi connectivity index (χ3v) is 4.03. The first-order chi connectivity index (χ1) is 7.24. The molecule has 86 valence electrons. The predicted octanol–water partition coefficient (Wildman–Crippen LogP) is 2.17. The number of hydrogen-bond donors (Lipinski definition) is 2. The molecule has 2 saturated carbocycles. The van der Waals surface area contributed by atoms with Gasteiger partial charge in [0.2, 0.25) is 0 Å². The Balaban J connectivity index is 1.87. The monoisotopic (exact) mass is 209 g/mol. The molecular formula is C12H23N3. The van der Waals surface area contributed by atoms with E-state index in [1.807, 2.05) is 0 Å². The van der Waals surface area contributed by atoms with Crippen LogP contribution in [-0.4, -0.2) is 17.5 Å². The van der Waals surface area contributed by atoms with Crippen molar-refractivity contribution in [3.05, 3.63) is 0 Å². The highest BCUT2D eigenvalue weighted by atomic mass is 15.2. The van der Waals surface area contributed by atoms with Crippen LogP contribution >= 0.6 is 0 Å². The largest absolute Gasteiger partial charge is 0.370 e. The Hall–Kier alpha value is -0.730. The summed E-state index contributed by atoms with van der Waals surface area (Å²) in [6.07, 6.45) is 10.1. The molecule has 15 heavy (non-hydrogen) atoms. The first-order valence-electron chi connectivity index (χ1n) is 6.35. The Kier molecular flexibility index (Phi) is 3.17. The second-order valence-electron chi connectivity index (χ2n) is 5.07. The van der Waals surface area contributed by atoms with Gasteiger partial charge in [-0.3, -0.25) is 4.99 Å². The molecule has 0 aromatic rings. The van der Waals surface area contributed by atoms with E-state index >= 15 is 0 Å². The highest BCUT2D eigenvalue weighted by Gasteiger charge is 2.35. The second kappa shape index (κ2) is 4.42. The lowest BCUT2D eigenvalue weighted by Crippen LogP contribution is -2.55. The summed E-state index contributed by atoms with van der Waals surface area (Å²) in [5.74, 6) is 0.684. The van der Waals surface area contributed by atoms with Gasteiger partial charge in [-0.1, -0.05) is 19.8 Å². The smallest absolute Gasteiger partial charge is 0.189 e. The lowest BCUT2D eigenvalue weighted by atomic mass is 9.75. The summed E-state index contributed by atoms with van der Waals surface area (Å²) < 4.78 is 0. The molecule has 0 aromatic heterocycles. The molecule has 2 aliphatic rings. The van der Waals surface area contributed by atoms with E-state index in [4.69, 9.17) is 5.73 Å². The summed E-state index contributed by atoms with van der Waals surface area (Å²) in [4.78, 5) is 4.57. The normalized spacial score (nSPS) is 26.3. The quantitative estimate of drug-likeness (QED) is 0.553. The van der Waals surface area contributed by atoms with Gasteiger partial charge in [-0.05, 0) is 38.5 Å². The van der Waals surface area contributed by atoms with E-state index < -0.39 is 0 Å². The van der Waals surface area contributed by atoms with Crippen molar-refractivity contribution in [3.63, 3.8) is 0 Å². The molecule has 0 heterocycles. The number of rotatable bonds is 3. The molecule has 3 heteroatoms. The van der Waals surface area contributed by atoms with E-state index in [0.717, 1.165) is 6.42 Å². The van der Waals surface area contributed by atoms with Crippen LogP contribution in [0.15, 0.2) is 4.99 Å². The highest BCUT2D eigenvalue weighted by Crippen LogP contribution is 2.34. The Labute approximate surface area is 92.5 Å². The minimum absolute atomic E-state index is 0.284. The van der Waals surface area contributed by atoms with Gasteiger partial charge in [-0.15, -0.1) is 0 Å². The standard InChI is InChI=1S/C12H23N3/c1-2-12(8-5-9-12)15-11(13)14-10-6-3-4-7-10/h10H,2-9H2,1H3,(H3,13,14,15). The van der Waals surface area contributed by atoms with Crippen molar-refractivity contribution >= 4 is 5.96 Å². The SMILES string of the molecule is CCC1(NC(N)=NC2CCCC2)CCC1. The molecule has 2 rings (SSSR count). The number of nitrogens with two attached hydrogens (primary N) is 1. The van der Waals surface area contributed by atoms with E-state index in [-0.39, 0.29) is 5.54 Å². The second-order valence-corrected chi connectivity index (χ2v) is 5.07. The average molecular weight is 209 g/mol. The summed E-state index contributed by atoms with van der Waals surface area (Å²) in [6.45, 7) is 2.23. The molecular weight excluding hydrogens is 186 g/mol. The zero-order chi connectivity index (χ0) is 10.7. The van der Waals surface area contributed by atoms with Crippen molar-refractivity contribution in [2.24, 2.45) is 10.7 Å². The Morgan fingerprint density at radius 2 is 2.00 bits per heavy atom. The van der Waals surface area contributed by atoms with Crippen LogP contribution in [0, 0.1) is 0 Å². The molecule has 0 unspecified atom stereocenters. The van der Waals surface area contributed by atoms with E-state index in [0.29, 0.717) is 12.0 Å². The molecule has 2 aliphatic carbocycles. The Morgan fingerprint density at radius 3 is 2.47 bits per heavy atom. The molecule has 0 aromatic carbocycles. The lowest BCUT2D eigenvalue weighted by molar-refractivity contribution is 0.208. The molecule has 0 amide bonds. The molecule has 0 radical (unpaired) electrons. The van der Waals surface area contributed by atoms with E-state index in [9.17, 15) is 0 Å². The fourth-order valence-electron chi connectivity index (χ4n) is 2.70. The van der Waals surface area contributed by atoms with Crippen LogP contribution in [0.2, 0.25) is 0 Å². The minimum Gasteiger partial charge on any atom is -0.370 e. The van der Waals surface area contributed by atoms with Gasteiger partial charge < -0.3 is 11.1 Å². The fourth-order valence-corrected chi connectivity index (χ4v) is 2.70. The number of hydrogen-bond acceptors (Lipinski definition) is 1. The van der Waals surface area contributed by atoms with Crippen molar-refractivity contribution in [3.8, 4) is 0 Å². The van der Waals surface area contributed by atoms with Gasteiger partial charge in [0.05, 0.1) is 6.04 Å². The van der Waals surface area contributed by atoms with Gasteiger partial charge in [-0.2, -0.15) is 0 Å². The van der Waals surface area contributed by atoms with Gasteiger partial charge in [0.15, 0.2) is 5.96 Å². The fraction of sp³-hybridized carbons (Fsp3) is 0.917. The van der Waals surface area contributed by atoms with Crippen LogP contribution in [0.25, 0.3) is 0 Å². The number of aliphatic imine (C=N–C) groups is 1. The van der Waals surface area contributed by atoms with E-state index in [2.05, 4.69) is 17.2 Å². The van der Waals surface area contributed by atoms with Crippen molar-refractivity contribution < 1.29 is 0 Å². The van der Waals surface area contributed by atoms with Crippen LogP contribution in [0.1, 0.15) is 58.3 Å². The maximum absolute atomic E-state index is 5.96. The van der Waals surface area contributed by atoms with Gasteiger partial charge in [-0.25, -0.2) is 0 Å². The van der Waals surface area contributed by atoms with Crippen LogP contribution in [0.3, 0.4) is 0 Å². The Bertz CT molecular complexity index is 232. The third-order valence-electron chi connectivity index (χ3n) is 4.03. The van der Waals surface area contributed by atoms with Crippen molar-refractivity contribution in [2.75, 3.05) is 0 Å².